The molecular formula is C27H30N4O2. The summed E-state index contributed by atoms with van der Waals surface area (Å²) in [6, 6.07) is 15.6. The molecule has 0 saturated heterocycles. The molecule has 0 bridgehead atoms. The van der Waals surface area contributed by atoms with Crippen LogP contribution >= 0.6 is 0 Å². The molecule has 2 atom stereocenters. The van der Waals surface area contributed by atoms with Gasteiger partial charge >= 0.3 is 0 Å². The zero-order valence-electron chi connectivity index (χ0n) is 18.8. The predicted molar refractivity (Wildman–Crippen MR) is 130 cm³/mol. The molecule has 0 amide bonds. The molecule has 1 aromatic heterocycles. The molecule has 6 heteroatoms. The Labute approximate surface area is 194 Å². The van der Waals surface area contributed by atoms with Crippen molar-refractivity contribution >= 4 is 22.5 Å². The maximum atomic E-state index is 9.42. The molecule has 2 aromatic carbocycles. The Hall–Kier alpha value is -2.96. The van der Waals surface area contributed by atoms with Gasteiger partial charge in [-0.2, -0.15) is 4.98 Å². The normalized spacial score (nSPS) is 22.8. The quantitative estimate of drug-likeness (QED) is 0.476. The molecule has 3 aliphatic rings. The number of nitrogens with one attached hydrogen (secondary N) is 2. The number of hydrogen-bond acceptors (Lipinski definition) is 6. The number of hydrogen-bond donors (Lipinski definition) is 3. The number of benzene rings is 2. The average molecular weight is 443 g/mol. The topological polar surface area (TPSA) is 79.3 Å². The minimum atomic E-state index is 0.153. The minimum Gasteiger partial charge on any atom is -0.396 e. The SMILES string of the molecule is OC[C@H]1C=C[C@@H](Nc2nc3c(c(NCC4(c5ccc6ccccc6c5)CC4)n2)COCC3)C1. The monoisotopic (exact) mass is 442 g/mol. The van der Waals surface area contributed by atoms with Gasteiger partial charge in [-0.1, -0.05) is 54.6 Å². The maximum absolute atomic E-state index is 9.42. The molecule has 0 spiro atoms. The summed E-state index contributed by atoms with van der Waals surface area (Å²) in [7, 11) is 0. The number of aliphatic hydroxyl groups is 1. The fourth-order valence-electron chi connectivity index (χ4n) is 5.12. The number of nitrogens with zero attached hydrogens (tertiary/aromatic N) is 2. The summed E-state index contributed by atoms with van der Waals surface area (Å²) in [6.45, 7) is 2.28. The fourth-order valence-corrected chi connectivity index (χ4v) is 5.12. The highest BCUT2D eigenvalue weighted by molar-refractivity contribution is 5.83. The second-order valence-electron chi connectivity index (χ2n) is 9.63. The Balaban J connectivity index is 1.23. The van der Waals surface area contributed by atoms with Gasteiger partial charge < -0.3 is 20.5 Å². The lowest BCUT2D eigenvalue weighted by atomic mass is 9.93. The van der Waals surface area contributed by atoms with Gasteiger partial charge in [-0.05, 0) is 35.6 Å². The van der Waals surface area contributed by atoms with Crippen molar-refractivity contribution in [2.75, 3.05) is 30.4 Å². The van der Waals surface area contributed by atoms with Crippen molar-refractivity contribution in [1.82, 2.24) is 9.97 Å². The van der Waals surface area contributed by atoms with E-state index in [0.717, 1.165) is 36.5 Å². The van der Waals surface area contributed by atoms with Crippen LogP contribution in [0.1, 0.15) is 36.1 Å². The molecule has 6 rings (SSSR count). The predicted octanol–water partition coefficient (Wildman–Crippen LogP) is 4.20. The lowest BCUT2D eigenvalue weighted by Gasteiger charge is -2.23. The Morgan fingerprint density at radius 2 is 1.94 bits per heavy atom. The molecule has 2 aliphatic carbocycles. The average Bonchev–Trinajstić information content (AvgIpc) is 3.52. The van der Waals surface area contributed by atoms with E-state index in [1.54, 1.807) is 0 Å². The van der Waals surface area contributed by atoms with Gasteiger partial charge in [0.05, 0.1) is 18.9 Å². The van der Waals surface area contributed by atoms with E-state index in [0.29, 0.717) is 19.2 Å². The first-order chi connectivity index (χ1) is 16.2. The van der Waals surface area contributed by atoms with Crippen LogP contribution in [0.2, 0.25) is 0 Å². The third-order valence-electron chi connectivity index (χ3n) is 7.35. The van der Waals surface area contributed by atoms with E-state index in [2.05, 4.69) is 65.3 Å². The van der Waals surface area contributed by atoms with Crippen molar-refractivity contribution in [1.29, 1.82) is 0 Å². The van der Waals surface area contributed by atoms with Crippen LogP contribution in [0, 0.1) is 5.92 Å². The van der Waals surface area contributed by atoms with Crippen molar-refractivity contribution in [3.05, 3.63) is 71.4 Å². The second-order valence-corrected chi connectivity index (χ2v) is 9.63. The van der Waals surface area contributed by atoms with Crippen LogP contribution in [0.15, 0.2) is 54.6 Å². The summed E-state index contributed by atoms with van der Waals surface area (Å²) in [6.07, 6.45) is 8.22. The molecule has 0 radical (unpaired) electrons. The second kappa shape index (κ2) is 8.43. The summed E-state index contributed by atoms with van der Waals surface area (Å²) in [5, 5.41) is 19.1. The zero-order valence-corrected chi connectivity index (χ0v) is 18.8. The number of ether oxygens (including phenoxy) is 1. The van der Waals surface area contributed by atoms with Crippen LogP contribution < -0.4 is 10.6 Å². The van der Waals surface area contributed by atoms with Crippen molar-refractivity contribution in [3.8, 4) is 0 Å². The molecule has 1 fully saturated rings. The lowest BCUT2D eigenvalue weighted by Crippen LogP contribution is -2.25. The van der Waals surface area contributed by atoms with E-state index >= 15 is 0 Å². The molecule has 3 aromatic rings. The summed E-state index contributed by atoms with van der Waals surface area (Å²) in [4.78, 5) is 9.67. The van der Waals surface area contributed by atoms with Crippen molar-refractivity contribution < 1.29 is 9.84 Å². The fraction of sp³-hybridized carbons (Fsp3) is 0.407. The van der Waals surface area contributed by atoms with E-state index in [4.69, 9.17) is 14.7 Å². The van der Waals surface area contributed by atoms with E-state index in [9.17, 15) is 5.11 Å². The highest BCUT2D eigenvalue weighted by Crippen LogP contribution is 2.49. The van der Waals surface area contributed by atoms with E-state index in [1.165, 1.54) is 29.2 Å². The lowest BCUT2D eigenvalue weighted by molar-refractivity contribution is 0.109. The van der Waals surface area contributed by atoms with Crippen LogP contribution in [-0.4, -0.2) is 40.9 Å². The summed E-state index contributed by atoms with van der Waals surface area (Å²) < 4.78 is 5.74. The molecular weight excluding hydrogens is 412 g/mol. The van der Waals surface area contributed by atoms with Gasteiger partial charge in [0, 0.05) is 42.5 Å². The summed E-state index contributed by atoms with van der Waals surface area (Å²) in [5.41, 5.74) is 3.71. The van der Waals surface area contributed by atoms with Crippen LogP contribution in [0.4, 0.5) is 11.8 Å². The van der Waals surface area contributed by atoms with Crippen LogP contribution in [0.3, 0.4) is 0 Å². The molecule has 1 saturated carbocycles. The Morgan fingerprint density at radius 3 is 2.76 bits per heavy atom. The zero-order chi connectivity index (χ0) is 22.3. The highest BCUT2D eigenvalue weighted by Gasteiger charge is 2.44. The summed E-state index contributed by atoms with van der Waals surface area (Å²) in [5.74, 6) is 1.75. The van der Waals surface area contributed by atoms with Crippen molar-refractivity contribution in [2.45, 2.75) is 43.7 Å². The standard InChI is InChI=1S/C27H30N4O2/c32-15-18-5-8-22(13-18)29-26-30-24-9-12-33-16-23(24)25(31-26)28-17-27(10-11-27)21-7-6-19-3-1-2-4-20(19)14-21/h1-8,14,18,22,32H,9-13,15-17H2,(H2,28,29,30,31)/t18-,22+/m0/s1. The van der Waals surface area contributed by atoms with Gasteiger partial charge in [0.2, 0.25) is 5.95 Å². The summed E-state index contributed by atoms with van der Waals surface area (Å²) >= 11 is 0. The van der Waals surface area contributed by atoms with Gasteiger partial charge in [0.1, 0.15) is 5.82 Å². The molecule has 2 heterocycles. The largest absolute Gasteiger partial charge is 0.396 e. The Morgan fingerprint density at radius 1 is 1.06 bits per heavy atom. The number of aliphatic hydroxyl groups excluding tert-OH is 1. The third kappa shape index (κ3) is 4.09. The molecule has 1 aliphatic heterocycles. The first kappa shape index (κ1) is 20.6. The van der Waals surface area contributed by atoms with Crippen LogP contribution in [0.25, 0.3) is 10.8 Å². The molecule has 33 heavy (non-hydrogen) atoms. The van der Waals surface area contributed by atoms with Crippen LogP contribution in [0.5, 0.6) is 0 Å². The molecule has 3 N–H and O–H groups in total. The maximum Gasteiger partial charge on any atom is 0.225 e. The molecule has 0 unspecified atom stereocenters. The van der Waals surface area contributed by atoms with Gasteiger partial charge in [-0.15, -0.1) is 0 Å². The smallest absolute Gasteiger partial charge is 0.225 e. The van der Waals surface area contributed by atoms with Crippen molar-refractivity contribution in [2.24, 2.45) is 5.92 Å². The molecule has 6 nitrogen and oxygen atoms in total. The first-order valence-corrected chi connectivity index (χ1v) is 12.0. The van der Waals surface area contributed by atoms with E-state index < -0.39 is 0 Å². The Bertz CT molecular complexity index is 1200. The first-order valence-electron chi connectivity index (χ1n) is 12.0. The van der Waals surface area contributed by atoms with Gasteiger partial charge in [0.25, 0.3) is 0 Å². The van der Waals surface area contributed by atoms with Gasteiger partial charge in [0.15, 0.2) is 0 Å². The number of fused-ring (bicyclic) bond motifs is 2. The minimum absolute atomic E-state index is 0.153. The molecule has 170 valence electrons. The number of anilines is 2. The number of aromatic nitrogens is 2. The van der Waals surface area contributed by atoms with E-state index in [-0.39, 0.29) is 24.0 Å². The Kier molecular flexibility index (Phi) is 5.27. The number of rotatable bonds is 7. The van der Waals surface area contributed by atoms with Crippen LogP contribution in [-0.2, 0) is 23.2 Å². The van der Waals surface area contributed by atoms with E-state index in [1.807, 2.05) is 0 Å². The van der Waals surface area contributed by atoms with Gasteiger partial charge in [-0.3, -0.25) is 0 Å². The van der Waals surface area contributed by atoms with Gasteiger partial charge in [-0.25, -0.2) is 4.98 Å². The van der Waals surface area contributed by atoms with Crippen molar-refractivity contribution in [3.63, 3.8) is 0 Å². The highest BCUT2D eigenvalue weighted by atomic mass is 16.5. The third-order valence-corrected chi connectivity index (χ3v) is 7.35.